The van der Waals surface area contributed by atoms with E-state index in [1.807, 2.05) is 6.92 Å². The largest absolute Gasteiger partial charge is 0.480 e. The molecular weight excluding hydrogens is 296 g/mol. The smallest absolute Gasteiger partial charge is 0.323 e. The van der Waals surface area contributed by atoms with E-state index in [0.717, 1.165) is 13.0 Å². The van der Waals surface area contributed by atoms with Crippen LogP contribution < -0.4 is 5.32 Å². The van der Waals surface area contributed by atoms with Gasteiger partial charge in [0.05, 0.1) is 17.0 Å². The predicted octanol–water partition coefficient (Wildman–Crippen LogP) is -0.381. The van der Waals surface area contributed by atoms with Crippen LogP contribution in [-0.4, -0.2) is 66.5 Å². The number of carbonyl (C=O) groups excluding carboxylic acids is 1. The highest BCUT2D eigenvalue weighted by molar-refractivity contribution is 7.91. The molecule has 0 aromatic heterocycles. The van der Waals surface area contributed by atoms with Gasteiger partial charge in [0.1, 0.15) is 6.54 Å². The molecule has 2 N–H and O–H groups in total. The lowest BCUT2D eigenvalue weighted by Gasteiger charge is -2.36. The van der Waals surface area contributed by atoms with Crippen molar-refractivity contribution in [2.75, 3.05) is 24.6 Å². The summed E-state index contributed by atoms with van der Waals surface area (Å²) >= 11 is 0. The first-order valence-corrected chi connectivity index (χ1v) is 9.10. The molecule has 1 amide bonds. The summed E-state index contributed by atoms with van der Waals surface area (Å²) in [6.45, 7) is 2.17. The maximum absolute atomic E-state index is 12.8. The van der Waals surface area contributed by atoms with E-state index in [4.69, 9.17) is 5.11 Å². The third-order valence-corrected chi connectivity index (χ3v) is 6.22. The molecular formula is C13H22N2O5S. The Hall–Kier alpha value is -1.15. The zero-order chi connectivity index (χ0) is 15.7. The van der Waals surface area contributed by atoms with Gasteiger partial charge in [0.2, 0.25) is 5.91 Å². The van der Waals surface area contributed by atoms with Gasteiger partial charge in [-0.05, 0) is 32.2 Å². The molecule has 8 heteroatoms. The Bertz CT molecular complexity index is 525. The lowest BCUT2D eigenvalue weighted by atomic mass is 9.91. The van der Waals surface area contributed by atoms with E-state index in [9.17, 15) is 18.0 Å². The van der Waals surface area contributed by atoms with E-state index in [2.05, 4.69) is 5.32 Å². The number of rotatable bonds is 5. The minimum atomic E-state index is -3.17. The van der Waals surface area contributed by atoms with Crippen LogP contribution in [0.2, 0.25) is 0 Å². The number of carbonyl (C=O) groups is 2. The number of carboxylic acid groups (broad SMARTS) is 1. The Morgan fingerprint density at radius 2 is 2.14 bits per heavy atom. The summed E-state index contributed by atoms with van der Waals surface area (Å²) in [5.41, 5.74) is -0.734. The van der Waals surface area contributed by atoms with Gasteiger partial charge in [0.15, 0.2) is 9.84 Å². The fourth-order valence-electron chi connectivity index (χ4n) is 3.25. The number of nitrogens with one attached hydrogen (secondary N) is 1. The SMILES string of the molecule is CCC1(C(=O)N(CC(=O)O)C2CCS(=O)(=O)C2)CCCN1. The van der Waals surface area contributed by atoms with E-state index in [-0.39, 0.29) is 17.4 Å². The highest BCUT2D eigenvalue weighted by Crippen LogP contribution is 2.28. The van der Waals surface area contributed by atoms with Gasteiger partial charge in [0.25, 0.3) is 0 Å². The zero-order valence-corrected chi connectivity index (χ0v) is 13.0. The van der Waals surface area contributed by atoms with Crippen LogP contribution in [0.15, 0.2) is 0 Å². The molecule has 2 saturated heterocycles. The number of nitrogens with zero attached hydrogens (tertiary/aromatic N) is 1. The van der Waals surface area contributed by atoms with Crippen molar-refractivity contribution in [1.29, 1.82) is 0 Å². The predicted molar refractivity (Wildman–Crippen MR) is 76.7 cm³/mol. The molecule has 0 aromatic rings. The molecule has 2 atom stereocenters. The molecule has 0 radical (unpaired) electrons. The van der Waals surface area contributed by atoms with Crippen LogP contribution in [0.3, 0.4) is 0 Å². The van der Waals surface area contributed by atoms with Crippen molar-refractivity contribution in [2.45, 2.75) is 44.2 Å². The van der Waals surface area contributed by atoms with Gasteiger partial charge in [-0.1, -0.05) is 6.92 Å². The average Bonchev–Trinajstić information content (AvgIpc) is 3.02. The number of aliphatic carboxylic acids is 1. The minimum Gasteiger partial charge on any atom is -0.480 e. The van der Waals surface area contributed by atoms with Crippen molar-refractivity contribution in [3.63, 3.8) is 0 Å². The van der Waals surface area contributed by atoms with Gasteiger partial charge >= 0.3 is 5.97 Å². The number of hydrogen-bond acceptors (Lipinski definition) is 5. The van der Waals surface area contributed by atoms with Crippen LogP contribution in [0.25, 0.3) is 0 Å². The molecule has 2 rings (SSSR count). The fourth-order valence-corrected chi connectivity index (χ4v) is 4.98. The van der Waals surface area contributed by atoms with Crippen molar-refractivity contribution >= 4 is 21.7 Å². The molecule has 0 spiro atoms. The Morgan fingerprint density at radius 1 is 1.43 bits per heavy atom. The Labute approximate surface area is 124 Å². The number of amides is 1. The fraction of sp³-hybridized carbons (Fsp3) is 0.846. The summed E-state index contributed by atoms with van der Waals surface area (Å²) in [6, 6.07) is -0.524. The van der Waals surface area contributed by atoms with Crippen LogP contribution in [0.1, 0.15) is 32.6 Å². The van der Waals surface area contributed by atoms with E-state index in [1.54, 1.807) is 0 Å². The van der Waals surface area contributed by atoms with Crippen molar-refractivity contribution < 1.29 is 23.1 Å². The molecule has 0 aromatic carbocycles. The zero-order valence-electron chi connectivity index (χ0n) is 12.2. The molecule has 21 heavy (non-hydrogen) atoms. The number of carboxylic acids is 1. The maximum atomic E-state index is 12.8. The Balaban J connectivity index is 2.23. The topological polar surface area (TPSA) is 104 Å². The van der Waals surface area contributed by atoms with Crippen molar-refractivity contribution in [3.05, 3.63) is 0 Å². The molecule has 2 heterocycles. The normalized spacial score (nSPS) is 31.2. The summed E-state index contributed by atoms with van der Waals surface area (Å²) in [6.07, 6.45) is 2.42. The summed E-state index contributed by atoms with van der Waals surface area (Å²) in [5, 5.41) is 12.2. The molecule has 0 aliphatic carbocycles. The van der Waals surface area contributed by atoms with Gasteiger partial charge in [-0.2, -0.15) is 0 Å². The second-order valence-corrected chi connectivity index (χ2v) is 8.08. The average molecular weight is 318 g/mol. The Kier molecular flexibility index (Phi) is 4.57. The van der Waals surface area contributed by atoms with Crippen LogP contribution >= 0.6 is 0 Å². The first-order chi connectivity index (χ1) is 9.80. The molecule has 120 valence electrons. The van der Waals surface area contributed by atoms with Gasteiger partial charge in [0, 0.05) is 6.04 Å². The summed E-state index contributed by atoms with van der Waals surface area (Å²) in [5.74, 6) is -1.50. The van der Waals surface area contributed by atoms with Gasteiger partial charge in [-0.15, -0.1) is 0 Å². The van der Waals surface area contributed by atoms with E-state index >= 15 is 0 Å². The van der Waals surface area contributed by atoms with Crippen molar-refractivity contribution in [2.24, 2.45) is 0 Å². The lowest BCUT2D eigenvalue weighted by Crippen LogP contribution is -2.58. The molecule has 0 bridgehead atoms. The molecule has 2 fully saturated rings. The summed E-state index contributed by atoms with van der Waals surface area (Å²) in [7, 11) is -3.17. The quantitative estimate of drug-likeness (QED) is 0.716. The summed E-state index contributed by atoms with van der Waals surface area (Å²) < 4.78 is 23.2. The Morgan fingerprint density at radius 3 is 2.57 bits per heavy atom. The standard InChI is InChI=1S/C13H22N2O5S/c1-2-13(5-3-6-14-13)12(18)15(8-11(16)17)10-4-7-21(19,20)9-10/h10,14H,2-9H2,1H3,(H,16,17). The first kappa shape index (κ1) is 16.2. The minimum absolute atomic E-state index is 0.0214. The third kappa shape index (κ3) is 3.37. The molecule has 2 unspecified atom stereocenters. The monoisotopic (exact) mass is 318 g/mol. The van der Waals surface area contributed by atoms with E-state index < -0.39 is 33.9 Å². The maximum Gasteiger partial charge on any atom is 0.323 e. The van der Waals surface area contributed by atoms with E-state index in [0.29, 0.717) is 19.3 Å². The van der Waals surface area contributed by atoms with Crippen LogP contribution in [0, 0.1) is 0 Å². The van der Waals surface area contributed by atoms with E-state index in [1.165, 1.54) is 4.90 Å². The molecule has 2 aliphatic rings. The third-order valence-electron chi connectivity index (χ3n) is 4.47. The second-order valence-electron chi connectivity index (χ2n) is 5.85. The summed E-state index contributed by atoms with van der Waals surface area (Å²) in [4.78, 5) is 25.2. The van der Waals surface area contributed by atoms with Gasteiger partial charge in [-0.3, -0.25) is 9.59 Å². The van der Waals surface area contributed by atoms with Gasteiger partial charge in [-0.25, -0.2) is 8.42 Å². The lowest BCUT2D eigenvalue weighted by molar-refractivity contribution is -0.149. The van der Waals surface area contributed by atoms with Gasteiger partial charge < -0.3 is 15.3 Å². The van der Waals surface area contributed by atoms with Crippen molar-refractivity contribution in [1.82, 2.24) is 10.2 Å². The second kappa shape index (κ2) is 5.92. The molecule has 0 saturated carbocycles. The highest BCUT2D eigenvalue weighted by Gasteiger charge is 2.45. The molecule has 7 nitrogen and oxygen atoms in total. The number of sulfone groups is 1. The van der Waals surface area contributed by atoms with Crippen LogP contribution in [0.4, 0.5) is 0 Å². The van der Waals surface area contributed by atoms with Crippen LogP contribution in [0.5, 0.6) is 0 Å². The van der Waals surface area contributed by atoms with Crippen molar-refractivity contribution in [3.8, 4) is 0 Å². The first-order valence-electron chi connectivity index (χ1n) is 7.28. The molecule has 2 aliphatic heterocycles. The van der Waals surface area contributed by atoms with Crippen LogP contribution in [-0.2, 0) is 19.4 Å². The highest BCUT2D eigenvalue weighted by atomic mass is 32.2. The number of hydrogen-bond donors (Lipinski definition) is 2.